The fourth-order valence-electron chi connectivity index (χ4n) is 3.01. The van der Waals surface area contributed by atoms with Crippen LogP contribution in [0.25, 0.3) is 22.8 Å². The Hall–Kier alpha value is -3.02. The maximum atomic E-state index is 11.9. The number of benzene rings is 1. The average Bonchev–Trinajstić information content (AvgIpc) is 3.00. The molecule has 1 amide bonds. The summed E-state index contributed by atoms with van der Waals surface area (Å²) in [7, 11) is 0. The van der Waals surface area contributed by atoms with Gasteiger partial charge in [0, 0.05) is 18.3 Å². The van der Waals surface area contributed by atoms with Gasteiger partial charge in [0.2, 0.25) is 0 Å². The first-order valence-corrected chi connectivity index (χ1v) is 7.88. The summed E-state index contributed by atoms with van der Waals surface area (Å²) in [5.41, 5.74) is 5.31. The fraction of sp³-hybridized carbons (Fsp3) is 0.222. The highest BCUT2D eigenvalue weighted by molar-refractivity contribution is 5.94. The normalized spacial score (nSPS) is 13.5. The summed E-state index contributed by atoms with van der Waals surface area (Å²) in [4.78, 5) is 20.9. The summed E-state index contributed by atoms with van der Waals surface area (Å²) in [5.74, 6) is 0.568. The van der Waals surface area contributed by atoms with Crippen LogP contribution in [0.5, 0.6) is 0 Å². The quantitative estimate of drug-likeness (QED) is 0.787. The number of carbonyl (C=O) groups is 1. The van der Waals surface area contributed by atoms with Crippen LogP contribution in [0.15, 0.2) is 36.5 Å². The van der Waals surface area contributed by atoms with Crippen LogP contribution in [-0.2, 0) is 6.54 Å². The molecule has 3 aromatic rings. The van der Waals surface area contributed by atoms with Crippen molar-refractivity contribution in [2.24, 2.45) is 0 Å². The highest BCUT2D eigenvalue weighted by Gasteiger charge is 2.20. The van der Waals surface area contributed by atoms with E-state index in [0.717, 1.165) is 5.56 Å². The Balaban J connectivity index is 1.77. The molecule has 1 aliphatic rings. The first-order valence-electron chi connectivity index (χ1n) is 7.88. The standard InChI is InChI=1S/C18H17N5O/c1-11-7-12(2)9-13(8-11)17-19-4-3-14(21-17)15-10-16-18(24)20-5-6-23(16)22-15/h3-4,7-10H,5-6H2,1-2H3,(H,20,24). The number of hydrogen-bond acceptors (Lipinski definition) is 4. The molecule has 0 saturated heterocycles. The fourth-order valence-corrected chi connectivity index (χ4v) is 3.01. The second kappa shape index (κ2) is 5.56. The summed E-state index contributed by atoms with van der Waals surface area (Å²) >= 11 is 0. The Bertz CT molecular complexity index is 924. The van der Waals surface area contributed by atoms with Gasteiger partial charge in [-0.25, -0.2) is 9.97 Å². The van der Waals surface area contributed by atoms with Crippen molar-refractivity contribution in [3.05, 3.63) is 53.3 Å². The maximum Gasteiger partial charge on any atom is 0.269 e. The lowest BCUT2D eigenvalue weighted by atomic mass is 10.1. The number of aromatic nitrogens is 4. The van der Waals surface area contributed by atoms with E-state index in [2.05, 4.69) is 52.4 Å². The monoisotopic (exact) mass is 319 g/mol. The van der Waals surface area contributed by atoms with Gasteiger partial charge in [0.15, 0.2) is 5.82 Å². The van der Waals surface area contributed by atoms with E-state index < -0.39 is 0 Å². The summed E-state index contributed by atoms with van der Waals surface area (Å²) in [5, 5.41) is 7.33. The zero-order chi connectivity index (χ0) is 16.7. The summed E-state index contributed by atoms with van der Waals surface area (Å²) in [6, 6.07) is 9.85. The molecule has 1 aromatic carbocycles. The van der Waals surface area contributed by atoms with Gasteiger partial charge in [0.25, 0.3) is 5.91 Å². The predicted octanol–water partition coefficient (Wildman–Crippen LogP) is 2.37. The molecule has 0 atom stereocenters. The molecule has 1 aliphatic heterocycles. The highest BCUT2D eigenvalue weighted by atomic mass is 16.2. The van der Waals surface area contributed by atoms with Crippen LogP contribution in [0, 0.1) is 13.8 Å². The molecule has 0 saturated carbocycles. The molecule has 0 unspecified atom stereocenters. The maximum absolute atomic E-state index is 11.9. The molecule has 24 heavy (non-hydrogen) atoms. The number of fused-ring (bicyclic) bond motifs is 1. The van der Waals surface area contributed by atoms with E-state index in [0.29, 0.717) is 36.0 Å². The molecule has 2 aromatic heterocycles. The minimum atomic E-state index is -0.0939. The van der Waals surface area contributed by atoms with Gasteiger partial charge in [-0.1, -0.05) is 17.2 Å². The van der Waals surface area contributed by atoms with Gasteiger partial charge in [-0.2, -0.15) is 5.10 Å². The first-order chi connectivity index (χ1) is 11.6. The first kappa shape index (κ1) is 14.6. The lowest BCUT2D eigenvalue weighted by Crippen LogP contribution is -2.35. The zero-order valence-electron chi connectivity index (χ0n) is 13.6. The highest BCUT2D eigenvalue weighted by Crippen LogP contribution is 2.23. The Morgan fingerprint density at radius 2 is 1.88 bits per heavy atom. The Morgan fingerprint density at radius 3 is 2.62 bits per heavy atom. The number of carbonyl (C=O) groups excluding carboxylic acids is 1. The van der Waals surface area contributed by atoms with Crippen LogP contribution in [0.4, 0.5) is 0 Å². The smallest absolute Gasteiger partial charge is 0.269 e. The Labute approximate surface area is 139 Å². The third-order valence-corrected chi connectivity index (χ3v) is 4.02. The predicted molar refractivity (Wildman–Crippen MR) is 90.5 cm³/mol. The Morgan fingerprint density at radius 1 is 1.08 bits per heavy atom. The summed E-state index contributed by atoms with van der Waals surface area (Å²) < 4.78 is 1.73. The second-order valence-electron chi connectivity index (χ2n) is 6.04. The molecule has 4 rings (SSSR count). The second-order valence-corrected chi connectivity index (χ2v) is 6.04. The topological polar surface area (TPSA) is 72.7 Å². The molecule has 6 nitrogen and oxygen atoms in total. The SMILES string of the molecule is Cc1cc(C)cc(-c2nccc(-c3cc4n(n3)CCNC4=O)n2)c1. The van der Waals surface area contributed by atoms with Crippen molar-refractivity contribution in [3.63, 3.8) is 0 Å². The molecule has 0 fully saturated rings. The molecule has 120 valence electrons. The van der Waals surface area contributed by atoms with Gasteiger partial charge in [-0.15, -0.1) is 0 Å². The van der Waals surface area contributed by atoms with Crippen LogP contribution in [0.2, 0.25) is 0 Å². The molecule has 0 radical (unpaired) electrons. The van der Waals surface area contributed by atoms with Crippen LogP contribution in [0.1, 0.15) is 21.6 Å². The van der Waals surface area contributed by atoms with Crippen molar-refractivity contribution in [2.45, 2.75) is 20.4 Å². The third-order valence-electron chi connectivity index (χ3n) is 4.02. The van der Waals surface area contributed by atoms with Crippen molar-refractivity contribution >= 4 is 5.91 Å². The molecule has 6 heteroatoms. The number of amides is 1. The van der Waals surface area contributed by atoms with Crippen molar-refractivity contribution in [1.29, 1.82) is 0 Å². The van der Waals surface area contributed by atoms with Crippen LogP contribution >= 0.6 is 0 Å². The molecule has 0 aliphatic carbocycles. The van der Waals surface area contributed by atoms with Gasteiger partial charge in [0.1, 0.15) is 11.4 Å². The molecule has 0 spiro atoms. The number of rotatable bonds is 2. The third kappa shape index (κ3) is 2.56. The summed E-state index contributed by atoms with van der Waals surface area (Å²) in [6.07, 6.45) is 1.73. The minimum absolute atomic E-state index is 0.0939. The minimum Gasteiger partial charge on any atom is -0.349 e. The van der Waals surface area contributed by atoms with E-state index >= 15 is 0 Å². The summed E-state index contributed by atoms with van der Waals surface area (Å²) in [6.45, 7) is 5.39. The number of hydrogen-bond donors (Lipinski definition) is 1. The number of aryl methyl sites for hydroxylation is 2. The van der Waals surface area contributed by atoms with E-state index in [4.69, 9.17) is 0 Å². The number of nitrogens with one attached hydrogen (secondary N) is 1. The molecular weight excluding hydrogens is 302 g/mol. The van der Waals surface area contributed by atoms with Crippen molar-refractivity contribution in [1.82, 2.24) is 25.1 Å². The van der Waals surface area contributed by atoms with Crippen LogP contribution in [0.3, 0.4) is 0 Å². The van der Waals surface area contributed by atoms with E-state index in [1.54, 1.807) is 16.9 Å². The molecule has 0 bridgehead atoms. The van der Waals surface area contributed by atoms with Crippen molar-refractivity contribution in [3.8, 4) is 22.8 Å². The van der Waals surface area contributed by atoms with Crippen LogP contribution < -0.4 is 5.32 Å². The average molecular weight is 319 g/mol. The van der Waals surface area contributed by atoms with Crippen LogP contribution in [-0.4, -0.2) is 32.2 Å². The molecule has 3 heterocycles. The van der Waals surface area contributed by atoms with Crippen molar-refractivity contribution in [2.75, 3.05) is 6.54 Å². The lowest BCUT2D eigenvalue weighted by Gasteiger charge is -2.13. The number of nitrogens with zero attached hydrogens (tertiary/aromatic N) is 4. The Kier molecular flexibility index (Phi) is 3.37. The van der Waals surface area contributed by atoms with Gasteiger partial charge >= 0.3 is 0 Å². The van der Waals surface area contributed by atoms with Gasteiger partial charge < -0.3 is 5.32 Å². The van der Waals surface area contributed by atoms with Gasteiger partial charge in [0.05, 0.1) is 12.2 Å². The van der Waals surface area contributed by atoms with E-state index in [-0.39, 0.29) is 5.91 Å². The molecular formula is C18H17N5O. The van der Waals surface area contributed by atoms with E-state index in [1.165, 1.54) is 11.1 Å². The largest absolute Gasteiger partial charge is 0.349 e. The zero-order valence-corrected chi connectivity index (χ0v) is 13.6. The van der Waals surface area contributed by atoms with Gasteiger partial charge in [-0.05, 0) is 38.1 Å². The lowest BCUT2D eigenvalue weighted by molar-refractivity contribution is 0.0924. The van der Waals surface area contributed by atoms with Gasteiger partial charge in [-0.3, -0.25) is 9.48 Å². The van der Waals surface area contributed by atoms with Crippen molar-refractivity contribution < 1.29 is 4.79 Å². The molecule has 1 N–H and O–H groups in total. The van der Waals surface area contributed by atoms with E-state index in [1.807, 2.05) is 6.07 Å². The van der Waals surface area contributed by atoms with E-state index in [9.17, 15) is 4.79 Å².